The molecule has 2 heteroatoms. The van der Waals surface area contributed by atoms with Gasteiger partial charge in [0.25, 0.3) is 0 Å². The summed E-state index contributed by atoms with van der Waals surface area (Å²) in [5, 5.41) is 1.46. The van der Waals surface area contributed by atoms with Gasteiger partial charge in [-0.2, -0.15) is 0 Å². The van der Waals surface area contributed by atoms with Crippen molar-refractivity contribution in [1.82, 2.24) is 4.98 Å². The molecule has 4 aromatic carbocycles. The van der Waals surface area contributed by atoms with Crippen LogP contribution in [-0.4, -0.2) is 4.98 Å². The van der Waals surface area contributed by atoms with Crippen LogP contribution in [0.15, 0.2) is 102 Å². The highest BCUT2D eigenvalue weighted by Gasteiger charge is 2.21. The number of pyridine rings is 1. The molecular formula is C35H31NO. The molecule has 6 rings (SSSR count). The third kappa shape index (κ3) is 4.13. The first-order valence-corrected chi connectivity index (χ1v) is 12.4. The van der Waals surface area contributed by atoms with E-state index in [9.17, 15) is 0 Å². The minimum absolute atomic E-state index is 0.225. The molecule has 0 radical (unpaired) electrons. The predicted octanol–water partition coefficient (Wildman–Crippen LogP) is 9.90. The molecule has 0 bridgehead atoms. The van der Waals surface area contributed by atoms with E-state index in [0.29, 0.717) is 38.9 Å². The van der Waals surface area contributed by atoms with Gasteiger partial charge in [0, 0.05) is 36.3 Å². The zero-order valence-corrected chi connectivity index (χ0v) is 21.1. The number of hydrogen-bond donors (Lipinski definition) is 0. The van der Waals surface area contributed by atoms with E-state index in [1.807, 2.05) is 99.6 Å². The topological polar surface area (TPSA) is 26.0 Å². The van der Waals surface area contributed by atoms with Crippen LogP contribution in [0.3, 0.4) is 0 Å². The largest absolute Gasteiger partial charge is 0.455 e. The highest BCUT2D eigenvalue weighted by Crippen LogP contribution is 2.41. The van der Waals surface area contributed by atoms with Crippen molar-refractivity contribution in [2.24, 2.45) is 0 Å². The lowest BCUT2D eigenvalue weighted by Crippen LogP contribution is -2.13. The second-order valence-electron chi connectivity index (χ2n) is 10.5. The molecule has 0 amide bonds. The molecule has 0 spiro atoms. The molecule has 0 saturated heterocycles. The van der Waals surface area contributed by atoms with Gasteiger partial charge in [0.15, 0.2) is 0 Å². The standard InChI is InChI=1S/C35H31NO/c1-22-17-29(26-14-9-13-25(19-26)24-11-7-6-8-12-24)34-30(18-22)27-15-10-16-28(33(27)37-34)32-20-31(35(3,4)5)23(2)21-36-32/h6-21H,1-5H3/i1D3,2D3. The van der Waals surface area contributed by atoms with E-state index in [0.717, 1.165) is 22.1 Å². The number of hydrogen-bond acceptors (Lipinski definition) is 2. The van der Waals surface area contributed by atoms with E-state index in [1.54, 1.807) is 12.1 Å². The zero-order valence-electron chi connectivity index (χ0n) is 27.1. The van der Waals surface area contributed by atoms with E-state index in [4.69, 9.17) is 12.6 Å². The van der Waals surface area contributed by atoms with Crippen molar-refractivity contribution < 1.29 is 12.6 Å². The van der Waals surface area contributed by atoms with Gasteiger partial charge in [-0.05, 0) is 82.8 Å². The average Bonchev–Trinajstić information content (AvgIpc) is 3.34. The second-order valence-corrected chi connectivity index (χ2v) is 10.5. The second kappa shape index (κ2) is 8.74. The Labute approximate surface area is 227 Å². The maximum absolute atomic E-state index is 8.22. The monoisotopic (exact) mass is 487 g/mol. The van der Waals surface area contributed by atoms with E-state index in [2.05, 4.69) is 4.98 Å². The number of furan rings is 1. The van der Waals surface area contributed by atoms with Gasteiger partial charge in [-0.15, -0.1) is 0 Å². The smallest absolute Gasteiger partial charge is 0.144 e. The first-order valence-electron chi connectivity index (χ1n) is 15.4. The lowest BCUT2D eigenvalue weighted by molar-refractivity contribution is 0.585. The van der Waals surface area contributed by atoms with Gasteiger partial charge in [-0.25, -0.2) is 0 Å². The maximum atomic E-state index is 8.22. The van der Waals surface area contributed by atoms with Crippen LogP contribution >= 0.6 is 0 Å². The lowest BCUT2D eigenvalue weighted by Gasteiger charge is -2.22. The zero-order chi connectivity index (χ0) is 30.7. The predicted molar refractivity (Wildman–Crippen MR) is 156 cm³/mol. The van der Waals surface area contributed by atoms with Crippen molar-refractivity contribution in [3.8, 4) is 33.5 Å². The summed E-state index contributed by atoms with van der Waals surface area (Å²) in [7, 11) is 0. The van der Waals surface area contributed by atoms with Gasteiger partial charge >= 0.3 is 0 Å². The van der Waals surface area contributed by atoms with E-state index < -0.39 is 19.1 Å². The van der Waals surface area contributed by atoms with E-state index >= 15 is 0 Å². The fraction of sp³-hybridized carbons (Fsp3) is 0.171. The van der Waals surface area contributed by atoms with Crippen LogP contribution in [0.2, 0.25) is 0 Å². The van der Waals surface area contributed by atoms with Crippen molar-refractivity contribution in [3.63, 3.8) is 0 Å². The van der Waals surface area contributed by atoms with Crippen LogP contribution in [0.5, 0.6) is 0 Å². The molecule has 2 heterocycles. The lowest BCUT2D eigenvalue weighted by atomic mass is 9.84. The number of para-hydroxylation sites is 1. The Morgan fingerprint density at radius 1 is 0.676 bits per heavy atom. The summed E-state index contributed by atoms with van der Waals surface area (Å²) >= 11 is 0. The molecule has 0 aliphatic rings. The number of aryl methyl sites for hydroxylation is 2. The molecule has 0 aliphatic heterocycles. The summed E-state index contributed by atoms with van der Waals surface area (Å²) in [4.78, 5) is 4.58. The number of nitrogens with zero attached hydrogens (tertiary/aromatic N) is 1. The molecule has 0 saturated carbocycles. The molecule has 6 aromatic rings. The molecule has 0 N–H and O–H groups in total. The molecule has 2 aromatic heterocycles. The van der Waals surface area contributed by atoms with Crippen molar-refractivity contribution >= 4 is 21.9 Å². The van der Waals surface area contributed by atoms with Crippen molar-refractivity contribution in [3.05, 3.63) is 114 Å². The Hall–Kier alpha value is -4.17. The molecule has 182 valence electrons. The van der Waals surface area contributed by atoms with Gasteiger partial charge < -0.3 is 4.42 Å². The van der Waals surface area contributed by atoms with Crippen molar-refractivity contribution in [2.45, 2.75) is 39.9 Å². The number of fused-ring (bicyclic) bond motifs is 3. The summed E-state index contributed by atoms with van der Waals surface area (Å²) in [5.41, 5.74) is 6.73. The molecule has 0 aliphatic carbocycles. The van der Waals surface area contributed by atoms with Gasteiger partial charge in [0.1, 0.15) is 11.2 Å². The van der Waals surface area contributed by atoms with Crippen LogP contribution < -0.4 is 0 Å². The van der Waals surface area contributed by atoms with Crippen LogP contribution in [0.25, 0.3) is 55.4 Å². The third-order valence-electron chi connectivity index (χ3n) is 6.87. The SMILES string of the molecule is [2H]C([2H])([2H])c1cc(-c2cccc(-c3ccccc3)c2)c2oc3c(-c4cc(C(C)(C)C)c(C([2H])([2H])[2H])cn4)cccc3c2c1. The Balaban J connectivity index is 1.62. The fourth-order valence-electron chi connectivity index (χ4n) is 5.04. The number of aromatic nitrogens is 1. The Morgan fingerprint density at radius 3 is 2.22 bits per heavy atom. The Morgan fingerprint density at radius 2 is 1.43 bits per heavy atom. The van der Waals surface area contributed by atoms with Crippen LogP contribution in [-0.2, 0) is 5.41 Å². The maximum Gasteiger partial charge on any atom is 0.144 e. The van der Waals surface area contributed by atoms with Crippen molar-refractivity contribution in [1.29, 1.82) is 0 Å². The first-order chi connectivity index (χ1) is 20.2. The fourth-order valence-corrected chi connectivity index (χ4v) is 5.04. The van der Waals surface area contributed by atoms with Gasteiger partial charge in [-0.3, -0.25) is 4.98 Å². The molecule has 0 fully saturated rings. The average molecular weight is 488 g/mol. The minimum atomic E-state index is -2.32. The van der Waals surface area contributed by atoms with Crippen LogP contribution in [0.1, 0.15) is 45.7 Å². The highest BCUT2D eigenvalue weighted by atomic mass is 16.3. The van der Waals surface area contributed by atoms with Crippen molar-refractivity contribution in [2.75, 3.05) is 0 Å². The van der Waals surface area contributed by atoms with E-state index in [1.165, 1.54) is 6.20 Å². The molecule has 37 heavy (non-hydrogen) atoms. The summed E-state index contributed by atoms with van der Waals surface area (Å²) in [6.45, 7) is 1.32. The molecule has 0 unspecified atom stereocenters. The third-order valence-corrected chi connectivity index (χ3v) is 6.87. The molecular weight excluding hydrogens is 450 g/mol. The van der Waals surface area contributed by atoms with Gasteiger partial charge in [-0.1, -0.05) is 81.4 Å². The Kier molecular flexibility index (Phi) is 4.09. The highest BCUT2D eigenvalue weighted by molar-refractivity contribution is 6.13. The normalized spacial score (nSPS) is 15.0. The van der Waals surface area contributed by atoms with Gasteiger partial charge in [0.2, 0.25) is 0 Å². The van der Waals surface area contributed by atoms with E-state index in [-0.39, 0.29) is 11.1 Å². The van der Waals surface area contributed by atoms with Crippen LogP contribution in [0, 0.1) is 13.7 Å². The minimum Gasteiger partial charge on any atom is -0.455 e. The van der Waals surface area contributed by atoms with Gasteiger partial charge in [0.05, 0.1) is 5.69 Å². The summed E-state index contributed by atoms with van der Waals surface area (Å²) < 4.78 is 55.4. The van der Waals surface area contributed by atoms with Crippen LogP contribution in [0.4, 0.5) is 0 Å². The summed E-state index contributed by atoms with van der Waals surface area (Å²) in [6, 6.07) is 28.9. The summed E-state index contributed by atoms with van der Waals surface area (Å²) in [5.74, 6) is 0. The Bertz CT molecular complexity index is 1980. The number of benzene rings is 4. The first kappa shape index (κ1) is 17.3. The molecule has 0 atom stereocenters. The number of rotatable bonds is 3. The molecule has 2 nitrogen and oxygen atoms in total. The summed E-state index contributed by atoms with van der Waals surface area (Å²) in [6.07, 6.45) is 1.44. The quantitative estimate of drug-likeness (QED) is 0.248.